The smallest absolute Gasteiger partial charge is 0.356 e. The second kappa shape index (κ2) is 10.2. The van der Waals surface area contributed by atoms with Crippen LogP contribution in [0.3, 0.4) is 0 Å². The number of rotatable bonds is 11. The molecule has 0 aromatic heterocycles. The van der Waals surface area contributed by atoms with Gasteiger partial charge in [0.25, 0.3) is 0 Å². The summed E-state index contributed by atoms with van der Waals surface area (Å²) in [6, 6.07) is -2.71. The Morgan fingerprint density at radius 3 is 2.19 bits per heavy atom. The van der Waals surface area contributed by atoms with Gasteiger partial charge in [0, 0.05) is 37.3 Å². The number of Topliss-reactive ketones (excluding diaryl/α,β-unsaturated/α-hetero) is 1. The Morgan fingerprint density at radius 1 is 1.00 bits per heavy atom. The van der Waals surface area contributed by atoms with E-state index in [0.29, 0.717) is 13.0 Å². The van der Waals surface area contributed by atoms with E-state index in [1.165, 1.54) is 0 Å². The van der Waals surface area contributed by atoms with E-state index in [1.807, 2.05) is 0 Å². The highest BCUT2D eigenvalue weighted by Gasteiger charge is 2.70. The predicted octanol–water partition coefficient (Wildman–Crippen LogP) is 0.539. The number of nitrogens with one attached hydrogen (secondary N) is 4. The van der Waals surface area contributed by atoms with Crippen LogP contribution in [-0.4, -0.2) is 72.2 Å². The number of ketones is 1. The summed E-state index contributed by atoms with van der Waals surface area (Å²) < 4.78 is 54.8. The number of halogens is 4. The van der Waals surface area contributed by atoms with Crippen LogP contribution in [-0.2, 0) is 28.7 Å². The molecule has 1 aliphatic heterocycles. The lowest BCUT2D eigenvalue weighted by molar-refractivity contribution is -0.321. The number of hydrogen-bond donors (Lipinski definition) is 4. The number of carbonyl (C=O) groups excluding carboxylic acids is 5. The zero-order valence-corrected chi connectivity index (χ0v) is 20.0. The second-order valence-electron chi connectivity index (χ2n) is 10.7. The summed E-state index contributed by atoms with van der Waals surface area (Å²) in [5.74, 6) is -5.06. The fourth-order valence-corrected chi connectivity index (χ4v) is 5.56. The quantitative estimate of drug-likeness (QED) is 0.225. The van der Waals surface area contributed by atoms with Gasteiger partial charge in [0.15, 0.2) is 5.78 Å². The number of alkyl halides is 4. The average molecular weight is 535 g/mol. The fourth-order valence-electron chi connectivity index (χ4n) is 5.56. The molecule has 4 N–H and O–H groups in total. The minimum absolute atomic E-state index is 0.0754. The lowest BCUT2D eigenvalue weighted by atomic mass is 9.47. The summed E-state index contributed by atoms with van der Waals surface area (Å²) in [6.45, 7) is -1.03. The summed E-state index contributed by atoms with van der Waals surface area (Å²) in [7, 11) is 0. The number of ether oxygens (including phenoxy) is 1. The number of carbonyl (C=O) groups is 5. The van der Waals surface area contributed by atoms with Crippen LogP contribution in [0.25, 0.3) is 0 Å². The van der Waals surface area contributed by atoms with Crippen molar-refractivity contribution in [2.75, 3.05) is 13.2 Å². The highest BCUT2D eigenvalue weighted by atomic mass is 19.4. The highest BCUT2D eigenvalue weighted by molar-refractivity contribution is 6.35. The lowest BCUT2D eigenvalue weighted by Gasteiger charge is -2.65. The van der Waals surface area contributed by atoms with Gasteiger partial charge in [-0.3, -0.25) is 28.7 Å². The molecule has 4 aliphatic carbocycles. The Bertz CT molecular complexity index is 950. The molecule has 0 aromatic rings. The van der Waals surface area contributed by atoms with Gasteiger partial charge >= 0.3 is 18.2 Å². The normalized spacial score (nSPS) is 30.1. The van der Waals surface area contributed by atoms with Crippen molar-refractivity contribution in [2.24, 2.45) is 11.8 Å². The fraction of sp³-hybridized carbons (Fsp3) is 0.783. The molecular formula is C23H30F4N4O6. The molecule has 5 rings (SSSR count). The van der Waals surface area contributed by atoms with Gasteiger partial charge in [0.1, 0.15) is 18.3 Å². The van der Waals surface area contributed by atoms with Crippen LogP contribution in [0.1, 0.15) is 57.8 Å². The van der Waals surface area contributed by atoms with Gasteiger partial charge < -0.3 is 21.3 Å². The molecule has 4 amide bonds. The van der Waals surface area contributed by atoms with Crippen molar-refractivity contribution in [1.82, 2.24) is 21.3 Å². The van der Waals surface area contributed by atoms with Crippen LogP contribution in [0.5, 0.6) is 0 Å². The van der Waals surface area contributed by atoms with Crippen molar-refractivity contribution in [3.05, 3.63) is 0 Å². The molecule has 0 radical (unpaired) electrons. The first-order valence-electron chi connectivity index (χ1n) is 12.4. The lowest BCUT2D eigenvalue weighted by Crippen LogP contribution is -2.77. The van der Waals surface area contributed by atoms with Crippen molar-refractivity contribution in [1.29, 1.82) is 0 Å². The van der Waals surface area contributed by atoms with Crippen LogP contribution in [0.2, 0.25) is 0 Å². The molecule has 10 nitrogen and oxygen atoms in total. The maximum atomic E-state index is 13.7. The zero-order chi connectivity index (χ0) is 27.0. The zero-order valence-electron chi connectivity index (χ0n) is 20.0. The maximum Gasteiger partial charge on any atom is 0.522 e. The predicted molar refractivity (Wildman–Crippen MR) is 117 cm³/mol. The van der Waals surface area contributed by atoms with Gasteiger partial charge in [-0.1, -0.05) is 19.3 Å². The third-order valence-electron chi connectivity index (χ3n) is 7.73. The van der Waals surface area contributed by atoms with E-state index in [1.54, 1.807) is 0 Å². The topological polar surface area (TPSA) is 143 Å². The van der Waals surface area contributed by atoms with E-state index in [0.717, 1.165) is 19.3 Å². The van der Waals surface area contributed by atoms with Crippen LogP contribution < -0.4 is 21.3 Å². The maximum absolute atomic E-state index is 13.7. The highest BCUT2D eigenvalue weighted by Crippen LogP contribution is 2.62. The third-order valence-corrected chi connectivity index (χ3v) is 7.73. The first kappa shape index (κ1) is 27.3. The van der Waals surface area contributed by atoms with E-state index < -0.39 is 65.7 Å². The van der Waals surface area contributed by atoms with Crippen molar-refractivity contribution < 1.29 is 46.3 Å². The summed E-state index contributed by atoms with van der Waals surface area (Å²) in [4.78, 5) is 62.6. The summed E-state index contributed by atoms with van der Waals surface area (Å²) in [5, 5.41) is 9.80. The summed E-state index contributed by atoms with van der Waals surface area (Å²) in [5.41, 5.74) is -2.03. The number of hydrogen-bond acceptors (Lipinski definition) is 6. The third kappa shape index (κ3) is 6.57. The average Bonchev–Trinajstić information content (AvgIpc) is 3.14. The van der Waals surface area contributed by atoms with E-state index in [2.05, 4.69) is 26.0 Å². The van der Waals surface area contributed by atoms with Gasteiger partial charge in [-0.2, -0.15) is 0 Å². The van der Waals surface area contributed by atoms with Crippen molar-refractivity contribution in [3.8, 4) is 0 Å². The molecule has 5 aliphatic rings. The van der Waals surface area contributed by atoms with Crippen molar-refractivity contribution >= 4 is 29.4 Å². The monoisotopic (exact) mass is 534 g/mol. The Morgan fingerprint density at radius 2 is 1.68 bits per heavy atom. The molecule has 14 heteroatoms. The van der Waals surface area contributed by atoms with Gasteiger partial charge in [-0.15, -0.1) is 13.2 Å². The van der Waals surface area contributed by atoms with Crippen molar-refractivity contribution in [3.63, 3.8) is 0 Å². The van der Waals surface area contributed by atoms with Crippen LogP contribution in [0.15, 0.2) is 0 Å². The Labute approximate surface area is 210 Å². The molecule has 206 valence electrons. The minimum Gasteiger partial charge on any atom is -0.356 e. The van der Waals surface area contributed by atoms with Crippen LogP contribution in [0.4, 0.5) is 17.6 Å². The van der Waals surface area contributed by atoms with Gasteiger partial charge in [0.2, 0.25) is 11.8 Å². The molecule has 3 atom stereocenters. The molecule has 1 saturated heterocycles. The standard InChI is InChI=1S/C23H30F4N4O6/c24-21-9-22(10-21,11-21)31-20(36)19(35)30-15(6-12-2-1-3-12)18(34)29-14(7-13-4-5-28-17(13)33)16(32)8-37-23(25,26)27/h12-15H,1-11H2,(H,28,33)(H,29,34)(H,30,35)(H,31,36)/t13-,14-,15-,21?,22?/m0/s1. The molecule has 37 heavy (non-hydrogen) atoms. The first-order valence-corrected chi connectivity index (χ1v) is 12.4. The summed E-state index contributed by atoms with van der Waals surface area (Å²) >= 11 is 0. The van der Waals surface area contributed by atoms with E-state index >= 15 is 0 Å². The molecule has 0 unspecified atom stereocenters. The van der Waals surface area contributed by atoms with E-state index in [4.69, 9.17) is 0 Å². The molecule has 2 bridgehead atoms. The molecule has 5 fully saturated rings. The van der Waals surface area contributed by atoms with Crippen LogP contribution in [0, 0.1) is 11.8 Å². The molecule has 0 aromatic carbocycles. The Balaban J connectivity index is 1.40. The van der Waals surface area contributed by atoms with E-state index in [9.17, 15) is 41.5 Å². The summed E-state index contributed by atoms with van der Waals surface area (Å²) in [6.07, 6.45) is -1.92. The number of amides is 4. The SMILES string of the molecule is O=C(N[C@@H](CC1CCC1)C(=O)N[C@@H](C[C@@H]1CCNC1=O)C(=O)COC(F)(F)F)C(=O)NC12CC(F)(C1)C2. The van der Waals surface area contributed by atoms with Crippen molar-refractivity contribution in [2.45, 2.75) is 87.4 Å². The molecule has 0 spiro atoms. The first-order chi connectivity index (χ1) is 17.3. The van der Waals surface area contributed by atoms with E-state index in [-0.39, 0.29) is 43.9 Å². The van der Waals surface area contributed by atoms with Gasteiger partial charge in [-0.25, -0.2) is 4.39 Å². The van der Waals surface area contributed by atoms with Crippen LogP contribution >= 0.6 is 0 Å². The second-order valence-corrected chi connectivity index (χ2v) is 10.7. The molecular weight excluding hydrogens is 504 g/mol. The van der Waals surface area contributed by atoms with Gasteiger partial charge in [0.05, 0.1) is 6.04 Å². The minimum atomic E-state index is -5.06. The Hall–Kier alpha value is -2.77. The van der Waals surface area contributed by atoms with Gasteiger partial charge in [-0.05, 0) is 25.2 Å². The Kier molecular flexibility index (Phi) is 7.50. The molecule has 4 saturated carbocycles. The largest absolute Gasteiger partial charge is 0.522 e. The molecule has 1 heterocycles.